The van der Waals surface area contributed by atoms with E-state index in [1.807, 2.05) is 43.3 Å². The zero-order chi connectivity index (χ0) is 15.4. The summed E-state index contributed by atoms with van der Waals surface area (Å²) >= 11 is 1.60. The topological polar surface area (TPSA) is 50.2 Å². The number of hydrogen-bond donors (Lipinski definition) is 1. The summed E-state index contributed by atoms with van der Waals surface area (Å²) in [6.07, 6.45) is 1.76. The van der Waals surface area contributed by atoms with Crippen molar-refractivity contribution >= 4 is 22.2 Å². The van der Waals surface area contributed by atoms with Crippen molar-refractivity contribution in [3.05, 3.63) is 65.3 Å². The summed E-state index contributed by atoms with van der Waals surface area (Å²) in [5.74, 6) is 0. The van der Waals surface area contributed by atoms with Crippen LogP contribution in [-0.4, -0.2) is 15.7 Å². The van der Waals surface area contributed by atoms with Crippen molar-refractivity contribution in [3.63, 3.8) is 0 Å². The van der Waals surface area contributed by atoms with E-state index in [9.17, 15) is 0 Å². The average molecular weight is 308 g/mol. The number of anilines is 1. The van der Waals surface area contributed by atoms with Gasteiger partial charge in [-0.1, -0.05) is 36.4 Å². The molecule has 2 aromatic heterocycles. The third-order valence-corrected chi connectivity index (χ3v) is 4.07. The zero-order valence-electron chi connectivity index (χ0n) is 12.4. The normalized spacial score (nSPS) is 11.5. The van der Waals surface area contributed by atoms with E-state index in [4.69, 9.17) is 0 Å². The SMILES string of the molecule is C/C(=N\Nc1nc(-c2ccccc2)c(C)s1)c1ccccn1. The molecule has 110 valence electrons. The first kappa shape index (κ1) is 14.4. The van der Waals surface area contributed by atoms with Gasteiger partial charge in [0.1, 0.15) is 0 Å². The summed E-state index contributed by atoms with van der Waals surface area (Å²) in [6, 6.07) is 15.9. The van der Waals surface area contributed by atoms with E-state index < -0.39 is 0 Å². The van der Waals surface area contributed by atoms with E-state index >= 15 is 0 Å². The molecule has 0 spiro atoms. The molecule has 1 N–H and O–H groups in total. The molecule has 5 heteroatoms. The fourth-order valence-electron chi connectivity index (χ4n) is 2.07. The number of aromatic nitrogens is 2. The van der Waals surface area contributed by atoms with Crippen molar-refractivity contribution < 1.29 is 0 Å². The number of nitrogens with zero attached hydrogens (tertiary/aromatic N) is 3. The highest BCUT2D eigenvalue weighted by Crippen LogP contribution is 2.30. The molecule has 0 fully saturated rings. The predicted octanol–water partition coefficient (Wildman–Crippen LogP) is 4.35. The number of rotatable bonds is 4. The van der Waals surface area contributed by atoms with Gasteiger partial charge in [-0.15, -0.1) is 11.3 Å². The Morgan fingerprint density at radius 3 is 2.59 bits per heavy atom. The first-order chi connectivity index (χ1) is 10.7. The minimum Gasteiger partial charge on any atom is -0.255 e. The van der Waals surface area contributed by atoms with Crippen molar-refractivity contribution in [2.45, 2.75) is 13.8 Å². The molecular weight excluding hydrogens is 292 g/mol. The van der Waals surface area contributed by atoms with E-state index in [0.717, 1.165) is 27.8 Å². The van der Waals surface area contributed by atoms with Crippen molar-refractivity contribution in [2.75, 3.05) is 5.43 Å². The van der Waals surface area contributed by atoms with Crippen LogP contribution in [0.1, 0.15) is 17.5 Å². The van der Waals surface area contributed by atoms with Crippen molar-refractivity contribution in [1.82, 2.24) is 9.97 Å². The summed E-state index contributed by atoms with van der Waals surface area (Å²) < 4.78 is 0. The van der Waals surface area contributed by atoms with Crippen LogP contribution in [0.3, 0.4) is 0 Å². The molecule has 0 saturated carbocycles. The van der Waals surface area contributed by atoms with E-state index in [2.05, 4.69) is 39.6 Å². The van der Waals surface area contributed by atoms with Crippen LogP contribution in [0.4, 0.5) is 5.13 Å². The highest BCUT2D eigenvalue weighted by molar-refractivity contribution is 7.15. The maximum atomic E-state index is 4.63. The van der Waals surface area contributed by atoms with E-state index in [1.54, 1.807) is 17.5 Å². The number of aryl methyl sites for hydroxylation is 1. The van der Waals surface area contributed by atoms with Crippen LogP contribution in [0.15, 0.2) is 59.8 Å². The molecule has 4 nitrogen and oxygen atoms in total. The average Bonchev–Trinajstić information content (AvgIpc) is 2.95. The van der Waals surface area contributed by atoms with Gasteiger partial charge in [-0.05, 0) is 26.0 Å². The Morgan fingerprint density at radius 1 is 1.09 bits per heavy atom. The van der Waals surface area contributed by atoms with Gasteiger partial charge in [0.2, 0.25) is 5.13 Å². The molecule has 0 atom stereocenters. The lowest BCUT2D eigenvalue weighted by atomic mass is 10.1. The summed E-state index contributed by atoms with van der Waals surface area (Å²) in [5, 5.41) is 5.15. The van der Waals surface area contributed by atoms with Crippen molar-refractivity contribution in [1.29, 1.82) is 0 Å². The third-order valence-electron chi connectivity index (χ3n) is 3.20. The number of pyridine rings is 1. The number of nitrogens with one attached hydrogen (secondary N) is 1. The summed E-state index contributed by atoms with van der Waals surface area (Å²) in [4.78, 5) is 10.1. The molecule has 0 saturated heterocycles. The number of hydrazone groups is 1. The molecule has 3 aromatic rings. The molecule has 1 aromatic carbocycles. The van der Waals surface area contributed by atoms with Crippen LogP contribution < -0.4 is 5.43 Å². The van der Waals surface area contributed by atoms with Gasteiger partial charge in [0.15, 0.2) is 0 Å². The maximum Gasteiger partial charge on any atom is 0.204 e. The molecule has 0 unspecified atom stereocenters. The highest BCUT2D eigenvalue weighted by Gasteiger charge is 2.09. The van der Waals surface area contributed by atoms with Crippen molar-refractivity contribution in [2.24, 2.45) is 5.10 Å². The summed E-state index contributed by atoms with van der Waals surface area (Å²) in [7, 11) is 0. The molecule has 2 heterocycles. The zero-order valence-corrected chi connectivity index (χ0v) is 13.3. The lowest BCUT2D eigenvalue weighted by molar-refractivity contribution is 1.23. The Labute approximate surface area is 133 Å². The molecule has 0 aliphatic heterocycles. The third kappa shape index (κ3) is 3.20. The van der Waals surface area contributed by atoms with Gasteiger partial charge >= 0.3 is 0 Å². The lowest BCUT2D eigenvalue weighted by Gasteiger charge is -1.99. The van der Waals surface area contributed by atoms with Gasteiger partial charge in [-0.3, -0.25) is 10.4 Å². The Kier molecular flexibility index (Phi) is 4.25. The second-order valence-electron chi connectivity index (χ2n) is 4.81. The molecule has 0 aliphatic carbocycles. The van der Waals surface area contributed by atoms with Crippen molar-refractivity contribution in [3.8, 4) is 11.3 Å². The standard InChI is InChI=1S/C17H16N4S/c1-12(15-10-6-7-11-18-15)20-21-17-19-16(13(2)22-17)14-8-4-3-5-9-14/h3-11H,1-2H3,(H,19,21)/b20-12+. The number of benzene rings is 1. The lowest BCUT2D eigenvalue weighted by Crippen LogP contribution is -2.01. The van der Waals surface area contributed by atoms with E-state index in [-0.39, 0.29) is 0 Å². The van der Waals surface area contributed by atoms with Crippen LogP contribution in [-0.2, 0) is 0 Å². The Balaban J connectivity index is 1.80. The van der Waals surface area contributed by atoms with E-state index in [1.165, 1.54) is 4.88 Å². The first-order valence-electron chi connectivity index (χ1n) is 6.98. The van der Waals surface area contributed by atoms with Gasteiger partial charge in [-0.2, -0.15) is 5.10 Å². The minimum atomic E-state index is 0.784. The maximum absolute atomic E-state index is 4.63. The molecule has 3 rings (SSSR count). The summed E-state index contributed by atoms with van der Waals surface area (Å²) in [6.45, 7) is 3.99. The second-order valence-corrected chi connectivity index (χ2v) is 6.02. The molecule has 0 amide bonds. The van der Waals surface area contributed by atoms with Crippen LogP contribution in [0.2, 0.25) is 0 Å². The van der Waals surface area contributed by atoms with Gasteiger partial charge in [0, 0.05) is 16.6 Å². The Bertz CT molecular complexity index is 779. The molecule has 0 bridgehead atoms. The monoisotopic (exact) mass is 308 g/mol. The second kappa shape index (κ2) is 6.49. The number of hydrogen-bond acceptors (Lipinski definition) is 5. The predicted molar refractivity (Wildman–Crippen MR) is 92.4 cm³/mol. The van der Waals surface area contributed by atoms with Crippen LogP contribution in [0.25, 0.3) is 11.3 Å². The first-order valence-corrected chi connectivity index (χ1v) is 7.80. The highest BCUT2D eigenvalue weighted by atomic mass is 32.1. The van der Waals surface area contributed by atoms with Crippen LogP contribution in [0, 0.1) is 6.92 Å². The van der Waals surface area contributed by atoms with Crippen LogP contribution in [0.5, 0.6) is 0 Å². The van der Waals surface area contributed by atoms with Gasteiger partial charge < -0.3 is 0 Å². The molecular formula is C17H16N4S. The molecule has 0 radical (unpaired) electrons. The van der Waals surface area contributed by atoms with Gasteiger partial charge in [0.05, 0.1) is 17.1 Å². The van der Waals surface area contributed by atoms with Gasteiger partial charge in [-0.25, -0.2) is 4.98 Å². The Morgan fingerprint density at radius 2 is 1.86 bits per heavy atom. The van der Waals surface area contributed by atoms with Gasteiger partial charge in [0.25, 0.3) is 0 Å². The Hall–Kier alpha value is -2.53. The quantitative estimate of drug-likeness (QED) is 0.576. The number of thiazole rings is 1. The fourth-order valence-corrected chi connectivity index (χ4v) is 2.85. The fraction of sp³-hybridized carbons (Fsp3) is 0.118. The minimum absolute atomic E-state index is 0.784. The smallest absolute Gasteiger partial charge is 0.204 e. The van der Waals surface area contributed by atoms with Crippen LogP contribution >= 0.6 is 11.3 Å². The van der Waals surface area contributed by atoms with E-state index in [0.29, 0.717) is 0 Å². The molecule has 22 heavy (non-hydrogen) atoms. The molecule has 0 aliphatic rings. The summed E-state index contributed by atoms with van der Waals surface area (Å²) in [5.41, 5.74) is 6.83. The largest absolute Gasteiger partial charge is 0.255 e.